The van der Waals surface area contributed by atoms with Crippen molar-refractivity contribution in [1.29, 1.82) is 0 Å². The first-order chi connectivity index (χ1) is 8.40. The Morgan fingerprint density at radius 3 is 2.78 bits per heavy atom. The number of hydrogen-bond acceptors (Lipinski definition) is 3. The molecule has 0 bridgehead atoms. The maximum Gasteiger partial charge on any atom is 0.128 e. The second-order valence-corrected chi connectivity index (χ2v) is 4.42. The lowest BCUT2D eigenvalue weighted by molar-refractivity contribution is 0.0956. The molecular weight excluding hydrogens is 231 g/mol. The molecule has 0 heterocycles. The smallest absolute Gasteiger partial charge is 0.128 e. The van der Waals surface area contributed by atoms with Gasteiger partial charge in [0, 0.05) is 17.6 Å². The van der Waals surface area contributed by atoms with Crippen molar-refractivity contribution in [3.63, 3.8) is 0 Å². The molecule has 0 saturated heterocycles. The zero-order valence-electron chi connectivity index (χ0n) is 10.7. The Labute approximate surface area is 107 Å². The van der Waals surface area contributed by atoms with Crippen molar-refractivity contribution in [1.82, 2.24) is 0 Å². The molecule has 0 fully saturated rings. The fraction of sp³-hybridized carbons (Fsp3) is 0.286. The molecule has 4 heteroatoms. The van der Waals surface area contributed by atoms with Gasteiger partial charge in [0.05, 0.1) is 11.5 Å². The second kappa shape index (κ2) is 5.69. The van der Waals surface area contributed by atoms with Crippen LogP contribution in [0.1, 0.15) is 13.8 Å². The van der Waals surface area contributed by atoms with E-state index in [2.05, 4.69) is 11.9 Å². The fourth-order valence-electron chi connectivity index (χ4n) is 1.40. The lowest BCUT2D eigenvalue weighted by Gasteiger charge is -2.27. The van der Waals surface area contributed by atoms with E-state index in [1.807, 2.05) is 0 Å². The Balaban J connectivity index is 2.87. The first-order valence-electron chi connectivity index (χ1n) is 5.70. The summed E-state index contributed by atoms with van der Waals surface area (Å²) >= 11 is 0. The predicted octanol–water partition coefficient (Wildman–Crippen LogP) is 3.06. The lowest BCUT2D eigenvalue weighted by atomic mass is 9.84. The van der Waals surface area contributed by atoms with Gasteiger partial charge in [0.15, 0.2) is 0 Å². The van der Waals surface area contributed by atoms with Gasteiger partial charge in [0.25, 0.3) is 0 Å². The highest BCUT2D eigenvalue weighted by atomic mass is 19.1. The number of nitrogens with one attached hydrogen (secondary N) is 1. The van der Waals surface area contributed by atoms with E-state index < -0.39 is 17.3 Å². The Morgan fingerprint density at radius 2 is 2.28 bits per heavy atom. The Kier molecular flexibility index (Phi) is 4.50. The molecule has 1 unspecified atom stereocenters. The first kappa shape index (κ1) is 14.3. The van der Waals surface area contributed by atoms with E-state index in [4.69, 9.17) is 5.73 Å². The summed E-state index contributed by atoms with van der Waals surface area (Å²) in [4.78, 5) is 0. The molecule has 18 heavy (non-hydrogen) atoms. The van der Waals surface area contributed by atoms with Crippen LogP contribution in [-0.2, 0) is 0 Å². The van der Waals surface area contributed by atoms with E-state index in [9.17, 15) is 9.50 Å². The minimum Gasteiger partial charge on any atom is -0.399 e. The minimum atomic E-state index is -1.10. The predicted molar refractivity (Wildman–Crippen MR) is 73.7 cm³/mol. The maximum absolute atomic E-state index is 14.0. The van der Waals surface area contributed by atoms with Crippen LogP contribution in [0.15, 0.2) is 48.9 Å². The van der Waals surface area contributed by atoms with Gasteiger partial charge in [0.1, 0.15) is 5.83 Å². The van der Waals surface area contributed by atoms with Crippen molar-refractivity contribution >= 4 is 11.4 Å². The summed E-state index contributed by atoms with van der Waals surface area (Å²) in [6.45, 7) is 6.66. The maximum atomic E-state index is 14.0. The molecule has 0 spiro atoms. The number of aliphatic hydroxyl groups excluding tert-OH is 1. The van der Waals surface area contributed by atoms with Gasteiger partial charge in [-0.2, -0.15) is 0 Å². The summed E-state index contributed by atoms with van der Waals surface area (Å²) in [6, 6.07) is 6.98. The average Bonchev–Trinajstić information content (AvgIpc) is 2.34. The summed E-state index contributed by atoms with van der Waals surface area (Å²) in [5.41, 5.74) is 5.79. The van der Waals surface area contributed by atoms with Crippen LogP contribution < -0.4 is 11.1 Å². The fourth-order valence-corrected chi connectivity index (χ4v) is 1.40. The van der Waals surface area contributed by atoms with E-state index >= 15 is 0 Å². The first-order valence-corrected chi connectivity index (χ1v) is 5.70. The van der Waals surface area contributed by atoms with E-state index in [1.165, 1.54) is 19.2 Å². The highest BCUT2D eigenvalue weighted by Gasteiger charge is 2.31. The van der Waals surface area contributed by atoms with Crippen molar-refractivity contribution in [3.8, 4) is 0 Å². The molecule has 0 aliphatic heterocycles. The molecule has 0 amide bonds. The Morgan fingerprint density at radius 1 is 1.61 bits per heavy atom. The highest BCUT2D eigenvalue weighted by molar-refractivity contribution is 5.55. The summed E-state index contributed by atoms with van der Waals surface area (Å²) in [5.74, 6) is -0.491. The zero-order chi connectivity index (χ0) is 13.8. The van der Waals surface area contributed by atoms with E-state index in [0.29, 0.717) is 11.4 Å². The number of nitrogen functional groups attached to an aromatic ring is 1. The SMILES string of the molecule is C=CC(C)(/C(F)=C\Nc1cccc(N)c1)[C@@H](C)O. The molecule has 1 rings (SSSR count). The van der Waals surface area contributed by atoms with E-state index in [0.717, 1.165) is 0 Å². The topological polar surface area (TPSA) is 58.3 Å². The molecule has 4 N–H and O–H groups in total. The second-order valence-electron chi connectivity index (χ2n) is 4.42. The molecule has 3 nitrogen and oxygen atoms in total. The average molecular weight is 250 g/mol. The molecule has 98 valence electrons. The van der Waals surface area contributed by atoms with Crippen molar-refractivity contribution in [2.45, 2.75) is 20.0 Å². The van der Waals surface area contributed by atoms with E-state index in [1.54, 1.807) is 31.2 Å². The number of rotatable bonds is 5. The van der Waals surface area contributed by atoms with Crippen LogP contribution >= 0.6 is 0 Å². The molecule has 0 aromatic heterocycles. The third-order valence-corrected chi connectivity index (χ3v) is 3.06. The Hall–Kier alpha value is -1.81. The molecule has 0 aliphatic rings. The van der Waals surface area contributed by atoms with Crippen LogP contribution in [-0.4, -0.2) is 11.2 Å². The number of halogens is 1. The van der Waals surface area contributed by atoms with E-state index in [-0.39, 0.29) is 0 Å². The van der Waals surface area contributed by atoms with Crippen LogP contribution in [0.4, 0.5) is 15.8 Å². The third-order valence-electron chi connectivity index (χ3n) is 3.06. The third kappa shape index (κ3) is 3.11. The van der Waals surface area contributed by atoms with Crippen LogP contribution in [0.25, 0.3) is 0 Å². The van der Waals surface area contributed by atoms with Crippen molar-refractivity contribution in [2.24, 2.45) is 5.41 Å². The number of nitrogens with two attached hydrogens (primary N) is 1. The molecule has 2 atom stereocenters. The molecule has 1 aromatic carbocycles. The lowest BCUT2D eigenvalue weighted by Crippen LogP contribution is -2.28. The summed E-state index contributed by atoms with van der Waals surface area (Å²) in [6.07, 6.45) is 1.74. The number of benzene rings is 1. The largest absolute Gasteiger partial charge is 0.399 e. The molecule has 0 saturated carbocycles. The van der Waals surface area contributed by atoms with Gasteiger partial charge in [-0.15, -0.1) is 6.58 Å². The van der Waals surface area contributed by atoms with Crippen LogP contribution in [0.5, 0.6) is 0 Å². The molecule has 0 radical (unpaired) electrons. The van der Waals surface area contributed by atoms with Crippen molar-refractivity contribution in [3.05, 3.63) is 48.9 Å². The summed E-state index contributed by atoms with van der Waals surface area (Å²) in [7, 11) is 0. The van der Waals surface area contributed by atoms with Gasteiger partial charge in [-0.1, -0.05) is 12.1 Å². The van der Waals surface area contributed by atoms with Gasteiger partial charge in [-0.25, -0.2) is 4.39 Å². The van der Waals surface area contributed by atoms with Gasteiger partial charge < -0.3 is 16.2 Å². The van der Waals surface area contributed by atoms with Gasteiger partial charge >= 0.3 is 0 Å². The number of hydrogen-bond donors (Lipinski definition) is 3. The van der Waals surface area contributed by atoms with Crippen LogP contribution in [0, 0.1) is 5.41 Å². The van der Waals surface area contributed by atoms with Gasteiger partial charge in [-0.3, -0.25) is 0 Å². The standard InChI is InChI=1S/C14H19FN2O/c1-4-14(3,10(2)18)13(15)9-17-12-7-5-6-11(16)8-12/h4-10,17-18H,1,16H2,2-3H3/b13-9+/t10-,14?/m1/s1. The summed E-state index contributed by atoms with van der Waals surface area (Å²) in [5, 5.41) is 12.4. The van der Waals surface area contributed by atoms with Crippen molar-refractivity contribution < 1.29 is 9.50 Å². The normalized spacial score (nSPS) is 16.8. The minimum absolute atomic E-state index is 0.491. The van der Waals surface area contributed by atoms with Crippen LogP contribution in [0.3, 0.4) is 0 Å². The number of anilines is 2. The zero-order valence-corrected chi connectivity index (χ0v) is 10.7. The van der Waals surface area contributed by atoms with Crippen molar-refractivity contribution in [2.75, 3.05) is 11.1 Å². The van der Waals surface area contributed by atoms with Gasteiger partial charge in [-0.05, 0) is 32.0 Å². The monoisotopic (exact) mass is 250 g/mol. The molecular formula is C14H19FN2O. The molecule has 1 aromatic rings. The van der Waals surface area contributed by atoms with Gasteiger partial charge in [0.2, 0.25) is 0 Å². The van der Waals surface area contributed by atoms with Crippen LogP contribution in [0.2, 0.25) is 0 Å². The number of aliphatic hydroxyl groups is 1. The Bertz CT molecular complexity index is 457. The summed E-state index contributed by atoms with van der Waals surface area (Å²) < 4.78 is 14.0. The quantitative estimate of drug-likeness (QED) is 0.556. The molecule has 0 aliphatic carbocycles. The highest BCUT2D eigenvalue weighted by Crippen LogP contribution is 2.33.